The maximum atomic E-state index is 11.8. The van der Waals surface area contributed by atoms with Crippen LogP contribution in [-0.4, -0.2) is 35.5 Å². The van der Waals surface area contributed by atoms with Crippen LogP contribution in [0.25, 0.3) is 0 Å². The molecule has 1 aliphatic rings. The molecule has 0 unspecified atom stereocenters. The first-order valence-corrected chi connectivity index (χ1v) is 6.47. The summed E-state index contributed by atoms with van der Waals surface area (Å²) in [4.78, 5) is 33.8. The Hall–Kier alpha value is -2.37. The highest BCUT2D eigenvalue weighted by Gasteiger charge is 2.22. The molecule has 0 bridgehead atoms. The molecular formula is C14H16N2O4. The minimum absolute atomic E-state index is 0.0611. The van der Waals surface area contributed by atoms with E-state index in [0.29, 0.717) is 11.6 Å². The van der Waals surface area contributed by atoms with Crippen LogP contribution in [-0.2, 0) is 4.79 Å². The molecule has 0 aliphatic heterocycles. The fourth-order valence-corrected chi connectivity index (χ4v) is 1.68. The van der Waals surface area contributed by atoms with Gasteiger partial charge in [0.15, 0.2) is 0 Å². The highest BCUT2D eigenvalue weighted by Crippen LogP contribution is 2.18. The van der Waals surface area contributed by atoms with Gasteiger partial charge in [-0.3, -0.25) is 9.59 Å². The Bertz CT molecular complexity index is 520. The minimum Gasteiger partial charge on any atom is -0.478 e. The number of carbonyl (C=O) groups excluding carboxylic acids is 2. The Balaban J connectivity index is 1.76. The lowest BCUT2D eigenvalue weighted by Gasteiger charge is -2.06. The third-order valence-electron chi connectivity index (χ3n) is 2.97. The zero-order valence-electron chi connectivity index (χ0n) is 10.9. The van der Waals surface area contributed by atoms with Gasteiger partial charge < -0.3 is 15.7 Å². The molecular weight excluding hydrogens is 260 g/mol. The van der Waals surface area contributed by atoms with Crippen molar-refractivity contribution in [3.05, 3.63) is 35.4 Å². The summed E-state index contributed by atoms with van der Waals surface area (Å²) in [7, 11) is 0. The third kappa shape index (κ3) is 4.08. The quantitative estimate of drug-likeness (QED) is 0.715. The standard InChI is InChI=1S/C14H16N2O4/c17-12(16-11-5-6-11)7-8-15-13(18)9-1-3-10(4-2-9)14(19)20/h1-4,11H,5-8H2,(H,15,18)(H,16,17)(H,19,20). The van der Waals surface area contributed by atoms with E-state index in [1.165, 1.54) is 24.3 Å². The molecule has 0 saturated heterocycles. The van der Waals surface area contributed by atoms with E-state index < -0.39 is 5.97 Å². The smallest absolute Gasteiger partial charge is 0.335 e. The lowest BCUT2D eigenvalue weighted by molar-refractivity contribution is -0.121. The number of carboxylic acids is 1. The summed E-state index contributed by atoms with van der Waals surface area (Å²) in [5.41, 5.74) is 0.503. The van der Waals surface area contributed by atoms with E-state index in [2.05, 4.69) is 10.6 Å². The summed E-state index contributed by atoms with van der Waals surface area (Å²) in [6.45, 7) is 0.262. The molecule has 1 aromatic carbocycles. The van der Waals surface area contributed by atoms with E-state index in [1.54, 1.807) is 0 Å². The molecule has 0 aromatic heterocycles. The van der Waals surface area contributed by atoms with Crippen molar-refractivity contribution in [2.75, 3.05) is 6.54 Å². The molecule has 3 N–H and O–H groups in total. The van der Waals surface area contributed by atoms with E-state index in [-0.39, 0.29) is 30.3 Å². The van der Waals surface area contributed by atoms with E-state index in [1.807, 2.05) is 0 Å². The Morgan fingerprint density at radius 1 is 1.10 bits per heavy atom. The van der Waals surface area contributed by atoms with Gasteiger partial charge in [0.2, 0.25) is 5.91 Å². The number of benzene rings is 1. The maximum absolute atomic E-state index is 11.8. The van der Waals surface area contributed by atoms with Gasteiger partial charge in [-0.25, -0.2) is 4.79 Å². The van der Waals surface area contributed by atoms with Gasteiger partial charge in [0, 0.05) is 24.6 Å². The van der Waals surface area contributed by atoms with Gasteiger partial charge in [0.25, 0.3) is 5.91 Å². The molecule has 0 heterocycles. The van der Waals surface area contributed by atoms with Crippen LogP contribution in [0.1, 0.15) is 40.0 Å². The molecule has 0 atom stereocenters. The number of nitrogens with one attached hydrogen (secondary N) is 2. The summed E-state index contributed by atoms with van der Waals surface area (Å²) >= 11 is 0. The second kappa shape index (κ2) is 6.18. The SMILES string of the molecule is O=C(CCNC(=O)c1ccc(C(=O)O)cc1)NC1CC1. The number of aromatic carboxylic acids is 1. The molecule has 2 rings (SSSR count). The third-order valence-corrected chi connectivity index (χ3v) is 2.97. The second-order valence-corrected chi connectivity index (χ2v) is 4.73. The molecule has 1 aliphatic carbocycles. The predicted octanol–water partition coefficient (Wildman–Crippen LogP) is 0.783. The maximum Gasteiger partial charge on any atom is 0.335 e. The van der Waals surface area contributed by atoms with Crippen molar-refractivity contribution in [3.63, 3.8) is 0 Å². The lowest BCUT2D eigenvalue weighted by atomic mass is 10.1. The molecule has 0 spiro atoms. The Labute approximate surface area is 116 Å². The molecule has 6 heteroatoms. The van der Waals surface area contributed by atoms with Crippen LogP contribution in [0.2, 0.25) is 0 Å². The van der Waals surface area contributed by atoms with Crippen LogP contribution in [0.15, 0.2) is 24.3 Å². The van der Waals surface area contributed by atoms with E-state index in [9.17, 15) is 14.4 Å². The van der Waals surface area contributed by atoms with E-state index >= 15 is 0 Å². The number of carbonyl (C=O) groups is 3. The first kappa shape index (κ1) is 14.0. The normalized spacial score (nSPS) is 13.6. The second-order valence-electron chi connectivity index (χ2n) is 4.73. The average Bonchev–Trinajstić information content (AvgIpc) is 3.22. The Morgan fingerprint density at radius 3 is 2.25 bits per heavy atom. The largest absolute Gasteiger partial charge is 0.478 e. The number of rotatable bonds is 6. The van der Waals surface area contributed by atoms with E-state index in [4.69, 9.17) is 5.11 Å². The van der Waals surface area contributed by atoms with Crippen molar-refractivity contribution in [1.82, 2.24) is 10.6 Å². The Morgan fingerprint density at radius 2 is 1.70 bits per heavy atom. The Kier molecular flexibility index (Phi) is 4.34. The monoisotopic (exact) mass is 276 g/mol. The fraction of sp³-hybridized carbons (Fsp3) is 0.357. The summed E-state index contributed by atoms with van der Waals surface area (Å²) < 4.78 is 0. The van der Waals surface area contributed by atoms with Crippen LogP contribution >= 0.6 is 0 Å². The highest BCUT2D eigenvalue weighted by atomic mass is 16.4. The predicted molar refractivity (Wildman–Crippen MR) is 71.5 cm³/mol. The summed E-state index contributed by atoms with van der Waals surface area (Å²) in [5, 5.41) is 14.2. The van der Waals surface area contributed by atoms with Gasteiger partial charge in [-0.15, -0.1) is 0 Å². The molecule has 0 radical (unpaired) electrons. The molecule has 2 amide bonds. The van der Waals surface area contributed by atoms with Gasteiger partial charge in [-0.2, -0.15) is 0 Å². The first-order chi connectivity index (χ1) is 9.56. The van der Waals surface area contributed by atoms with Gasteiger partial charge in [-0.1, -0.05) is 0 Å². The number of hydrogen-bond donors (Lipinski definition) is 3. The number of carboxylic acid groups (broad SMARTS) is 1. The van der Waals surface area contributed by atoms with Crippen molar-refractivity contribution in [2.24, 2.45) is 0 Å². The van der Waals surface area contributed by atoms with Gasteiger partial charge in [-0.05, 0) is 37.1 Å². The lowest BCUT2D eigenvalue weighted by Crippen LogP contribution is -2.31. The zero-order chi connectivity index (χ0) is 14.5. The van der Waals surface area contributed by atoms with Crippen molar-refractivity contribution in [3.8, 4) is 0 Å². The van der Waals surface area contributed by atoms with E-state index in [0.717, 1.165) is 12.8 Å². The molecule has 1 aromatic rings. The van der Waals surface area contributed by atoms with Crippen LogP contribution < -0.4 is 10.6 Å². The van der Waals surface area contributed by atoms with Gasteiger partial charge in [0.1, 0.15) is 0 Å². The average molecular weight is 276 g/mol. The molecule has 1 saturated carbocycles. The van der Waals surface area contributed by atoms with Crippen molar-refractivity contribution >= 4 is 17.8 Å². The summed E-state index contributed by atoms with van der Waals surface area (Å²) in [5.74, 6) is -1.41. The first-order valence-electron chi connectivity index (χ1n) is 6.47. The molecule has 20 heavy (non-hydrogen) atoms. The molecule has 6 nitrogen and oxygen atoms in total. The van der Waals surface area contributed by atoms with Crippen molar-refractivity contribution in [2.45, 2.75) is 25.3 Å². The number of hydrogen-bond acceptors (Lipinski definition) is 3. The van der Waals surface area contributed by atoms with Crippen LogP contribution in [0.4, 0.5) is 0 Å². The van der Waals surface area contributed by atoms with Crippen LogP contribution in [0, 0.1) is 0 Å². The highest BCUT2D eigenvalue weighted by molar-refractivity contribution is 5.96. The summed E-state index contributed by atoms with van der Waals surface area (Å²) in [6.07, 6.45) is 2.32. The van der Waals surface area contributed by atoms with Crippen molar-refractivity contribution in [1.29, 1.82) is 0 Å². The topological polar surface area (TPSA) is 95.5 Å². The molecule has 1 fully saturated rings. The number of amides is 2. The van der Waals surface area contributed by atoms with Gasteiger partial charge in [0.05, 0.1) is 5.56 Å². The van der Waals surface area contributed by atoms with Crippen LogP contribution in [0.3, 0.4) is 0 Å². The zero-order valence-corrected chi connectivity index (χ0v) is 10.9. The van der Waals surface area contributed by atoms with Crippen molar-refractivity contribution < 1.29 is 19.5 Å². The summed E-state index contributed by atoms with van der Waals surface area (Å²) in [6, 6.07) is 5.96. The minimum atomic E-state index is -1.03. The fourth-order valence-electron chi connectivity index (χ4n) is 1.68. The molecule has 106 valence electrons. The van der Waals surface area contributed by atoms with Gasteiger partial charge >= 0.3 is 5.97 Å². The van der Waals surface area contributed by atoms with Crippen LogP contribution in [0.5, 0.6) is 0 Å².